The monoisotopic (exact) mass is 346 g/mol. The Morgan fingerprint density at radius 1 is 1.32 bits per heavy atom. The molecule has 1 amide bonds. The number of amides is 1. The molecule has 140 valence electrons. The van der Waals surface area contributed by atoms with Crippen LogP contribution in [0.15, 0.2) is 24.3 Å². The molecule has 0 bridgehead atoms. The SMILES string of the molecule is CC1CCCC(OCc2cccc(NC(C)C(=O)NC(C)(C)C)c2)C1. The molecule has 1 aliphatic rings. The molecule has 1 saturated carbocycles. The van der Waals surface area contributed by atoms with Gasteiger partial charge in [0.2, 0.25) is 5.91 Å². The molecule has 0 aliphatic heterocycles. The lowest BCUT2D eigenvalue weighted by Crippen LogP contribution is -2.47. The lowest BCUT2D eigenvalue weighted by Gasteiger charge is -2.27. The van der Waals surface area contributed by atoms with E-state index in [1.807, 2.05) is 39.8 Å². The third-order valence-electron chi connectivity index (χ3n) is 4.58. The van der Waals surface area contributed by atoms with Crippen molar-refractivity contribution in [1.29, 1.82) is 0 Å². The average Bonchev–Trinajstić information content (AvgIpc) is 2.52. The summed E-state index contributed by atoms with van der Waals surface area (Å²) in [4.78, 5) is 12.2. The number of carbonyl (C=O) groups excluding carboxylic acids is 1. The smallest absolute Gasteiger partial charge is 0.242 e. The van der Waals surface area contributed by atoms with E-state index in [2.05, 4.69) is 29.7 Å². The van der Waals surface area contributed by atoms with Crippen LogP contribution < -0.4 is 10.6 Å². The van der Waals surface area contributed by atoms with Crippen LogP contribution in [0.3, 0.4) is 0 Å². The molecule has 4 nitrogen and oxygen atoms in total. The molecule has 1 aliphatic carbocycles. The first kappa shape index (κ1) is 19.8. The Hall–Kier alpha value is -1.55. The van der Waals surface area contributed by atoms with Crippen molar-refractivity contribution in [3.8, 4) is 0 Å². The minimum absolute atomic E-state index is 0.00495. The largest absolute Gasteiger partial charge is 0.374 e. The predicted molar refractivity (Wildman–Crippen MR) is 104 cm³/mol. The summed E-state index contributed by atoms with van der Waals surface area (Å²) in [6.07, 6.45) is 5.33. The van der Waals surface area contributed by atoms with E-state index in [1.165, 1.54) is 25.7 Å². The van der Waals surface area contributed by atoms with E-state index in [9.17, 15) is 4.79 Å². The van der Waals surface area contributed by atoms with Crippen molar-refractivity contribution in [3.63, 3.8) is 0 Å². The molecule has 1 fully saturated rings. The van der Waals surface area contributed by atoms with Gasteiger partial charge in [0.15, 0.2) is 0 Å². The average molecular weight is 347 g/mol. The van der Waals surface area contributed by atoms with Gasteiger partial charge in [0, 0.05) is 11.2 Å². The van der Waals surface area contributed by atoms with Gasteiger partial charge in [-0.1, -0.05) is 31.9 Å². The predicted octanol–water partition coefficient (Wildman–Crippen LogP) is 4.50. The van der Waals surface area contributed by atoms with Crippen molar-refractivity contribution in [2.45, 2.75) is 84.6 Å². The van der Waals surface area contributed by atoms with E-state index in [0.717, 1.165) is 17.2 Å². The summed E-state index contributed by atoms with van der Waals surface area (Å²) in [7, 11) is 0. The number of rotatable bonds is 6. The maximum Gasteiger partial charge on any atom is 0.242 e. The fourth-order valence-corrected chi connectivity index (χ4v) is 3.29. The minimum atomic E-state index is -0.283. The van der Waals surface area contributed by atoms with Crippen LogP contribution in [0.5, 0.6) is 0 Å². The van der Waals surface area contributed by atoms with Gasteiger partial charge in [-0.3, -0.25) is 4.79 Å². The molecular weight excluding hydrogens is 312 g/mol. The van der Waals surface area contributed by atoms with Crippen LogP contribution in [0.25, 0.3) is 0 Å². The number of anilines is 1. The maximum atomic E-state index is 12.2. The Balaban J connectivity index is 1.86. The zero-order valence-electron chi connectivity index (χ0n) is 16.4. The Morgan fingerprint density at radius 3 is 2.76 bits per heavy atom. The van der Waals surface area contributed by atoms with Crippen LogP contribution in [0.2, 0.25) is 0 Å². The molecule has 2 N–H and O–H groups in total. The normalized spacial score (nSPS) is 22.3. The zero-order valence-corrected chi connectivity index (χ0v) is 16.4. The first-order valence-electron chi connectivity index (χ1n) is 9.52. The van der Waals surface area contributed by atoms with Crippen LogP contribution in [0, 0.1) is 5.92 Å². The molecule has 0 saturated heterocycles. The summed E-state index contributed by atoms with van der Waals surface area (Å²) >= 11 is 0. The van der Waals surface area contributed by atoms with Crippen LogP contribution in [-0.2, 0) is 16.1 Å². The molecule has 25 heavy (non-hydrogen) atoms. The number of nitrogens with one attached hydrogen (secondary N) is 2. The van der Waals surface area contributed by atoms with Gasteiger partial charge in [0.05, 0.1) is 12.7 Å². The molecule has 1 aromatic carbocycles. The van der Waals surface area contributed by atoms with Gasteiger partial charge in [-0.15, -0.1) is 0 Å². The van der Waals surface area contributed by atoms with E-state index in [0.29, 0.717) is 12.7 Å². The summed E-state index contributed by atoms with van der Waals surface area (Å²) in [5, 5.41) is 6.28. The molecule has 0 spiro atoms. The molecule has 3 atom stereocenters. The fourth-order valence-electron chi connectivity index (χ4n) is 3.29. The Labute approximate surface area is 152 Å². The topological polar surface area (TPSA) is 50.4 Å². The molecule has 0 heterocycles. The van der Waals surface area contributed by atoms with Gasteiger partial charge in [0.1, 0.15) is 6.04 Å². The van der Waals surface area contributed by atoms with Crippen molar-refractivity contribution in [1.82, 2.24) is 5.32 Å². The summed E-state index contributed by atoms with van der Waals surface area (Å²) in [5.41, 5.74) is 1.88. The van der Waals surface area contributed by atoms with E-state index >= 15 is 0 Å². The Bertz CT molecular complexity index is 565. The molecule has 4 heteroatoms. The van der Waals surface area contributed by atoms with Crippen LogP contribution in [0.1, 0.15) is 65.9 Å². The maximum absolute atomic E-state index is 12.2. The summed E-state index contributed by atoms with van der Waals surface area (Å²) in [6.45, 7) is 10.8. The van der Waals surface area contributed by atoms with Gasteiger partial charge < -0.3 is 15.4 Å². The first-order chi connectivity index (χ1) is 11.7. The van der Waals surface area contributed by atoms with Gasteiger partial charge in [-0.2, -0.15) is 0 Å². The van der Waals surface area contributed by atoms with Gasteiger partial charge >= 0.3 is 0 Å². The Morgan fingerprint density at radius 2 is 2.08 bits per heavy atom. The van der Waals surface area contributed by atoms with Gasteiger partial charge in [0.25, 0.3) is 0 Å². The molecule has 0 aromatic heterocycles. The van der Waals surface area contributed by atoms with Crippen LogP contribution in [-0.4, -0.2) is 23.6 Å². The third-order valence-corrected chi connectivity index (χ3v) is 4.58. The number of hydrogen-bond donors (Lipinski definition) is 2. The lowest BCUT2D eigenvalue weighted by atomic mass is 9.89. The number of hydrogen-bond acceptors (Lipinski definition) is 3. The highest BCUT2D eigenvalue weighted by Gasteiger charge is 2.20. The Kier molecular flexibility index (Phi) is 6.88. The van der Waals surface area contributed by atoms with Crippen molar-refractivity contribution in [2.24, 2.45) is 5.92 Å². The quantitative estimate of drug-likeness (QED) is 0.797. The highest BCUT2D eigenvalue weighted by molar-refractivity contribution is 5.84. The van der Waals surface area contributed by atoms with Crippen LogP contribution >= 0.6 is 0 Å². The molecule has 3 unspecified atom stereocenters. The minimum Gasteiger partial charge on any atom is -0.374 e. The van der Waals surface area contributed by atoms with E-state index in [1.54, 1.807) is 0 Å². The van der Waals surface area contributed by atoms with Crippen molar-refractivity contribution in [3.05, 3.63) is 29.8 Å². The molecule has 1 aromatic rings. The number of benzene rings is 1. The van der Waals surface area contributed by atoms with Gasteiger partial charge in [-0.25, -0.2) is 0 Å². The zero-order chi connectivity index (χ0) is 18.4. The highest BCUT2D eigenvalue weighted by Crippen LogP contribution is 2.26. The van der Waals surface area contributed by atoms with E-state index in [-0.39, 0.29) is 17.5 Å². The second-order valence-corrected chi connectivity index (χ2v) is 8.51. The first-order valence-corrected chi connectivity index (χ1v) is 9.52. The third kappa shape index (κ3) is 7.07. The molecular formula is C21H34N2O2. The second-order valence-electron chi connectivity index (χ2n) is 8.51. The van der Waals surface area contributed by atoms with Crippen molar-refractivity contribution in [2.75, 3.05) is 5.32 Å². The summed E-state index contributed by atoms with van der Waals surface area (Å²) in [6, 6.07) is 7.88. The lowest BCUT2D eigenvalue weighted by molar-refractivity contribution is -0.122. The van der Waals surface area contributed by atoms with Crippen molar-refractivity contribution < 1.29 is 9.53 Å². The molecule has 0 radical (unpaired) electrons. The van der Waals surface area contributed by atoms with Crippen molar-refractivity contribution >= 4 is 11.6 Å². The standard InChI is InChI=1S/C21H34N2O2/c1-15-8-6-11-19(12-15)25-14-17-9-7-10-18(13-17)22-16(2)20(24)23-21(3,4)5/h7,9-10,13,15-16,19,22H,6,8,11-12,14H2,1-5H3,(H,23,24). The van der Waals surface area contributed by atoms with Gasteiger partial charge in [-0.05, 0) is 64.2 Å². The highest BCUT2D eigenvalue weighted by atomic mass is 16.5. The number of ether oxygens (including phenoxy) is 1. The number of carbonyl (C=O) groups is 1. The molecule has 2 rings (SSSR count). The summed E-state index contributed by atoms with van der Waals surface area (Å²) in [5.74, 6) is 0.777. The van der Waals surface area contributed by atoms with Crippen LogP contribution in [0.4, 0.5) is 5.69 Å². The van der Waals surface area contributed by atoms with E-state index in [4.69, 9.17) is 4.74 Å². The van der Waals surface area contributed by atoms with E-state index < -0.39 is 0 Å². The summed E-state index contributed by atoms with van der Waals surface area (Å²) < 4.78 is 6.11. The fraction of sp³-hybridized carbons (Fsp3) is 0.667. The second kappa shape index (κ2) is 8.70.